The summed E-state index contributed by atoms with van der Waals surface area (Å²) in [6, 6.07) is 5.27. The van der Waals surface area contributed by atoms with E-state index in [0.29, 0.717) is 23.2 Å². The Hall–Kier alpha value is -3.33. The van der Waals surface area contributed by atoms with Gasteiger partial charge in [-0.2, -0.15) is 10.2 Å². The highest BCUT2D eigenvalue weighted by molar-refractivity contribution is 5.91. The van der Waals surface area contributed by atoms with E-state index in [1.165, 1.54) is 4.68 Å². The zero-order valence-corrected chi connectivity index (χ0v) is 18.1. The van der Waals surface area contributed by atoms with E-state index in [1.54, 1.807) is 16.8 Å². The van der Waals surface area contributed by atoms with Gasteiger partial charge < -0.3 is 10.0 Å². The van der Waals surface area contributed by atoms with Gasteiger partial charge in [0.15, 0.2) is 5.65 Å². The monoisotopic (exact) mass is 436 g/mol. The Morgan fingerprint density at radius 2 is 1.97 bits per heavy atom. The van der Waals surface area contributed by atoms with Crippen molar-refractivity contribution in [3.63, 3.8) is 0 Å². The van der Waals surface area contributed by atoms with Gasteiger partial charge in [0.05, 0.1) is 35.2 Å². The molecule has 1 N–H and O–H groups in total. The van der Waals surface area contributed by atoms with Crippen molar-refractivity contribution < 1.29 is 9.50 Å². The second-order valence-corrected chi connectivity index (χ2v) is 8.48. The summed E-state index contributed by atoms with van der Waals surface area (Å²) in [5.74, 6) is -0.0881. The number of imidazole rings is 1. The standard InChI is InChI=1S/C23H25FN6O2/c1-14-9-19(27-29-13-15(2)26-22(14)29)16-10-17-12-25-30(23(32)21(17)20(31)11-16)18-3-6-28(7-4-18)8-5-24/h9-13,18,31H,3-8H2,1-2H3. The normalized spacial score (nSPS) is 15.7. The summed E-state index contributed by atoms with van der Waals surface area (Å²) in [7, 11) is 0. The van der Waals surface area contributed by atoms with Crippen molar-refractivity contribution in [3.05, 3.63) is 52.2 Å². The maximum Gasteiger partial charge on any atom is 0.278 e. The van der Waals surface area contributed by atoms with Crippen LogP contribution in [0.5, 0.6) is 5.75 Å². The second-order valence-electron chi connectivity index (χ2n) is 8.48. The zero-order valence-electron chi connectivity index (χ0n) is 18.1. The molecular weight excluding hydrogens is 411 g/mol. The van der Waals surface area contributed by atoms with Crippen LogP contribution in [0.4, 0.5) is 4.39 Å². The molecule has 0 amide bonds. The number of aryl methyl sites for hydroxylation is 2. The number of hydrogen-bond donors (Lipinski definition) is 1. The molecule has 166 valence electrons. The van der Waals surface area contributed by atoms with Crippen molar-refractivity contribution in [2.75, 3.05) is 26.3 Å². The third-order valence-electron chi connectivity index (χ3n) is 6.22. The predicted octanol–water partition coefficient (Wildman–Crippen LogP) is 3.04. The van der Waals surface area contributed by atoms with Gasteiger partial charge in [-0.25, -0.2) is 18.6 Å². The molecule has 0 atom stereocenters. The minimum atomic E-state index is -0.364. The van der Waals surface area contributed by atoms with Crippen LogP contribution in [-0.4, -0.2) is 60.7 Å². The highest BCUT2D eigenvalue weighted by Gasteiger charge is 2.23. The molecule has 0 saturated carbocycles. The topological polar surface area (TPSA) is 88.5 Å². The number of alkyl halides is 1. The second kappa shape index (κ2) is 7.98. The summed E-state index contributed by atoms with van der Waals surface area (Å²) in [6.45, 7) is 5.40. The average molecular weight is 436 g/mol. The van der Waals surface area contributed by atoms with Crippen LogP contribution in [0.15, 0.2) is 35.4 Å². The first-order chi connectivity index (χ1) is 15.4. The Labute approximate surface area is 183 Å². The lowest BCUT2D eigenvalue weighted by Crippen LogP contribution is -2.39. The van der Waals surface area contributed by atoms with E-state index in [4.69, 9.17) is 0 Å². The number of benzene rings is 1. The third-order valence-corrected chi connectivity index (χ3v) is 6.22. The van der Waals surface area contributed by atoms with Crippen molar-refractivity contribution in [2.24, 2.45) is 0 Å². The summed E-state index contributed by atoms with van der Waals surface area (Å²) in [5.41, 5.74) is 3.70. The third kappa shape index (κ3) is 3.52. The van der Waals surface area contributed by atoms with Crippen LogP contribution < -0.4 is 5.56 Å². The number of nitrogens with zero attached hydrogens (tertiary/aromatic N) is 6. The zero-order chi connectivity index (χ0) is 22.4. The van der Waals surface area contributed by atoms with Crippen molar-refractivity contribution >= 4 is 16.4 Å². The van der Waals surface area contributed by atoms with E-state index in [1.807, 2.05) is 32.2 Å². The number of piperidine rings is 1. The highest BCUT2D eigenvalue weighted by Crippen LogP contribution is 2.30. The molecule has 8 nitrogen and oxygen atoms in total. The lowest BCUT2D eigenvalue weighted by atomic mass is 10.0. The Kier molecular flexibility index (Phi) is 5.13. The molecule has 9 heteroatoms. The summed E-state index contributed by atoms with van der Waals surface area (Å²) < 4.78 is 15.8. The van der Waals surface area contributed by atoms with Gasteiger partial charge in [0, 0.05) is 30.6 Å². The van der Waals surface area contributed by atoms with E-state index in [9.17, 15) is 14.3 Å². The van der Waals surface area contributed by atoms with Gasteiger partial charge in [-0.05, 0) is 50.5 Å². The molecule has 1 saturated heterocycles. The number of halogens is 1. The summed E-state index contributed by atoms with van der Waals surface area (Å²) in [5, 5.41) is 20.6. The number of rotatable bonds is 4. The molecule has 1 fully saturated rings. The van der Waals surface area contributed by atoms with Crippen LogP contribution >= 0.6 is 0 Å². The molecule has 1 aromatic carbocycles. The SMILES string of the molecule is Cc1cn2nc(-c3cc(O)c4c(=O)n(C5CCN(CCF)CC5)ncc4c3)cc(C)c2n1. The fourth-order valence-corrected chi connectivity index (χ4v) is 4.58. The van der Waals surface area contributed by atoms with Crippen LogP contribution in [0, 0.1) is 13.8 Å². The van der Waals surface area contributed by atoms with E-state index in [2.05, 4.69) is 20.1 Å². The van der Waals surface area contributed by atoms with Crippen LogP contribution in [0.3, 0.4) is 0 Å². The van der Waals surface area contributed by atoms with Gasteiger partial charge in [-0.1, -0.05) is 0 Å². The largest absolute Gasteiger partial charge is 0.507 e. The predicted molar refractivity (Wildman–Crippen MR) is 120 cm³/mol. The molecule has 4 aromatic rings. The average Bonchev–Trinajstić information content (AvgIpc) is 3.15. The smallest absolute Gasteiger partial charge is 0.278 e. The number of phenols is 1. The number of fused-ring (bicyclic) bond motifs is 2. The molecule has 3 aromatic heterocycles. The van der Waals surface area contributed by atoms with Gasteiger partial charge in [0.25, 0.3) is 5.56 Å². The van der Waals surface area contributed by atoms with E-state index in [0.717, 1.165) is 42.8 Å². The first-order valence-corrected chi connectivity index (χ1v) is 10.8. The Morgan fingerprint density at radius 1 is 1.19 bits per heavy atom. The Morgan fingerprint density at radius 3 is 2.72 bits per heavy atom. The van der Waals surface area contributed by atoms with Crippen LogP contribution in [0.2, 0.25) is 0 Å². The summed E-state index contributed by atoms with van der Waals surface area (Å²) in [4.78, 5) is 19.7. The number of aromatic nitrogens is 5. The molecule has 32 heavy (non-hydrogen) atoms. The Bertz CT molecular complexity index is 1370. The number of aromatic hydroxyl groups is 1. The van der Waals surface area contributed by atoms with Gasteiger partial charge >= 0.3 is 0 Å². The molecule has 0 aliphatic carbocycles. The fourth-order valence-electron chi connectivity index (χ4n) is 4.58. The van der Waals surface area contributed by atoms with Crippen LogP contribution in [-0.2, 0) is 0 Å². The fraction of sp³-hybridized carbons (Fsp3) is 0.391. The van der Waals surface area contributed by atoms with Crippen LogP contribution in [0.1, 0.15) is 30.1 Å². The number of phenolic OH excluding ortho intramolecular Hbond substituents is 1. The first-order valence-electron chi connectivity index (χ1n) is 10.8. The van der Waals surface area contributed by atoms with Crippen molar-refractivity contribution in [3.8, 4) is 17.0 Å². The van der Waals surface area contributed by atoms with Gasteiger partial charge in [0.1, 0.15) is 12.4 Å². The van der Waals surface area contributed by atoms with Gasteiger partial charge in [-0.15, -0.1) is 0 Å². The molecule has 1 aliphatic rings. The Balaban J connectivity index is 1.53. The highest BCUT2D eigenvalue weighted by atomic mass is 19.1. The number of likely N-dealkylation sites (tertiary alicyclic amines) is 1. The minimum absolute atomic E-state index is 0.0574. The maximum absolute atomic E-state index is 13.2. The molecule has 5 rings (SSSR count). The van der Waals surface area contributed by atoms with Crippen molar-refractivity contribution in [1.29, 1.82) is 0 Å². The molecule has 4 heterocycles. The van der Waals surface area contributed by atoms with E-state index < -0.39 is 0 Å². The molecule has 0 unspecified atom stereocenters. The quantitative estimate of drug-likeness (QED) is 0.529. The van der Waals surface area contributed by atoms with Crippen molar-refractivity contribution in [1.82, 2.24) is 29.3 Å². The molecular formula is C23H25FN6O2. The first kappa shape index (κ1) is 20.6. The molecule has 0 bridgehead atoms. The lowest BCUT2D eigenvalue weighted by molar-refractivity contribution is 0.167. The lowest BCUT2D eigenvalue weighted by Gasteiger charge is -2.31. The molecule has 0 radical (unpaired) electrons. The number of hydrogen-bond acceptors (Lipinski definition) is 6. The molecule has 1 aliphatic heterocycles. The summed E-state index contributed by atoms with van der Waals surface area (Å²) >= 11 is 0. The summed E-state index contributed by atoms with van der Waals surface area (Å²) in [6.07, 6.45) is 4.93. The van der Waals surface area contributed by atoms with Gasteiger partial charge in [0.2, 0.25) is 0 Å². The van der Waals surface area contributed by atoms with Gasteiger partial charge in [-0.3, -0.25) is 4.79 Å². The molecule has 0 spiro atoms. The minimum Gasteiger partial charge on any atom is -0.507 e. The maximum atomic E-state index is 13.2. The van der Waals surface area contributed by atoms with Crippen LogP contribution in [0.25, 0.3) is 27.7 Å². The van der Waals surface area contributed by atoms with Crippen molar-refractivity contribution in [2.45, 2.75) is 32.7 Å². The van der Waals surface area contributed by atoms with E-state index >= 15 is 0 Å². The van der Waals surface area contributed by atoms with E-state index in [-0.39, 0.29) is 29.4 Å².